The summed E-state index contributed by atoms with van der Waals surface area (Å²) in [5.41, 5.74) is 2.70. The van der Waals surface area contributed by atoms with E-state index in [2.05, 4.69) is 15.7 Å². The number of rotatable bonds is 7. The largest absolute Gasteiger partial charge is 0.378 e. The molecule has 0 spiro atoms. The molecule has 3 aromatic rings. The lowest BCUT2D eigenvalue weighted by atomic mass is 10.2. The predicted molar refractivity (Wildman–Crippen MR) is 120 cm³/mol. The van der Waals surface area contributed by atoms with E-state index in [4.69, 9.17) is 16.3 Å². The summed E-state index contributed by atoms with van der Waals surface area (Å²) >= 11 is 6.30. The summed E-state index contributed by atoms with van der Waals surface area (Å²) in [6.45, 7) is 1.40. The summed E-state index contributed by atoms with van der Waals surface area (Å²) in [5, 5.41) is 10.4. The SMILES string of the molecule is O=C(Nc1cccc(CNc2cnn(Cc3ccccc3)c(=O)c2Cl)c1)C1CCCO1. The van der Waals surface area contributed by atoms with Gasteiger partial charge in [-0.3, -0.25) is 9.59 Å². The summed E-state index contributed by atoms with van der Waals surface area (Å²) in [5.74, 6) is -0.128. The molecule has 1 aliphatic heterocycles. The Labute approximate surface area is 185 Å². The number of halogens is 1. The molecule has 160 valence electrons. The lowest BCUT2D eigenvalue weighted by Crippen LogP contribution is -2.26. The lowest BCUT2D eigenvalue weighted by molar-refractivity contribution is -0.124. The van der Waals surface area contributed by atoms with E-state index < -0.39 is 0 Å². The number of carbonyl (C=O) groups is 1. The number of carbonyl (C=O) groups excluding carboxylic acids is 1. The maximum absolute atomic E-state index is 12.6. The molecule has 0 bridgehead atoms. The number of nitrogens with zero attached hydrogens (tertiary/aromatic N) is 2. The van der Waals surface area contributed by atoms with Crippen LogP contribution in [0.4, 0.5) is 11.4 Å². The minimum atomic E-state index is -0.381. The van der Waals surface area contributed by atoms with Crippen molar-refractivity contribution >= 4 is 28.9 Å². The molecule has 1 amide bonds. The zero-order chi connectivity index (χ0) is 21.6. The Morgan fingerprint density at radius 2 is 1.97 bits per heavy atom. The van der Waals surface area contributed by atoms with Gasteiger partial charge in [0.25, 0.3) is 11.5 Å². The standard InChI is InChI=1S/C23H23ClN4O3/c24-21-19(14-26-28(23(21)30)15-16-6-2-1-3-7-16)25-13-17-8-4-9-18(12-17)27-22(29)20-10-5-11-31-20/h1-4,6-9,12,14,20,25H,5,10-11,13,15H2,(H,27,29). The lowest BCUT2D eigenvalue weighted by Gasteiger charge is -2.13. The third kappa shape index (κ3) is 5.31. The van der Waals surface area contributed by atoms with E-state index in [-0.39, 0.29) is 22.6 Å². The van der Waals surface area contributed by atoms with Crippen molar-refractivity contribution in [2.75, 3.05) is 17.2 Å². The topological polar surface area (TPSA) is 85.3 Å². The Morgan fingerprint density at radius 3 is 2.74 bits per heavy atom. The number of hydrogen-bond donors (Lipinski definition) is 2. The average molecular weight is 439 g/mol. The molecule has 1 atom stereocenters. The fraction of sp³-hybridized carbons (Fsp3) is 0.261. The average Bonchev–Trinajstić information content (AvgIpc) is 3.33. The van der Waals surface area contributed by atoms with E-state index in [0.717, 1.165) is 24.0 Å². The van der Waals surface area contributed by atoms with Gasteiger partial charge >= 0.3 is 0 Å². The second kappa shape index (κ2) is 9.76. The van der Waals surface area contributed by atoms with Gasteiger partial charge in [0.15, 0.2) is 0 Å². The highest BCUT2D eigenvalue weighted by Crippen LogP contribution is 2.19. The van der Waals surface area contributed by atoms with Gasteiger partial charge in [0.05, 0.1) is 18.4 Å². The molecule has 1 aliphatic rings. The van der Waals surface area contributed by atoms with E-state index >= 15 is 0 Å². The first-order chi connectivity index (χ1) is 15.1. The molecular formula is C23H23ClN4O3. The van der Waals surface area contributed by atoms with E-state index in [0.29, 0.717) is 31.1 Å². The molecule has 1 unspecified atom stereocenters. The number of ether oxygens (including phenoxy) is 1. The minimum Gasteiger partial charge on any atom is -0.378 e. The molecule has 4 rings (SSSR count). The summed E-state index contributed by atoms with van der Waals surface area (Å²) in [6.07, 6.45) is 2.82. The van der Waals surface area contributed by atoms with Crippen LogP contribution in [0, 0.1) is 0 Å². The Morgan fingerprint density at radius 1 is 1.16 bits per heavy atom. The number of nitrogens with one attached hydrogen (secondary N) is 2. The number of aromatic nitrogens is 2. The van der Waals surface area contributed by atoms with E-state index in [1.807, 2.05) is 54.6 Å². The zero-order valence-corrected chi connectivity index (χ0v) is 17.6. The highest BCUT2D eigenvalue weighted by Gasteiger charge is 2.23. The van der Waals surface area contributed by atoms with Crippen LogP contribution < -0.4 is 16.2 Å². The van der Waals surface area contributed by atoms with Crippen molar-refractivity contribution in [3.05, 3.63) is 87.3 Å². The van der Waals surface area contributed by atoms with Crippen molar-refractivity contribution in [2.24, 2.45) is 0 Å². The van der Waals surface area contributed by atoms with Gasteiger partial charge in [-0.25, -0.2) is 4.68 Å². The quantitative estimate of drug-likeness (QED) is 0.587. The van der Waals surface area contributed by atoms with Gasteiger partial charge in [-0.1, -0.05) is 54.1 Å². The van der Waals surface area contributed by atoms with Gasteiger partial charge in [0, 0.05) is 18.8 Å². The van der Waals surface area contributed by atoms with Crippen LogP contribution >= 0.6 is 11.6 Å². The van der Waals surface area contributed by atoms with Crippen LogP contribution in [0.1, 0.15) is 24.0 Å². The molecule has 1 fully saturated rings. The van der Waals surface area contributed by atoms with Gasteiger partial charge < -0.3 is 15.4 Å². The van der Waals surface area contributed by atoms with Crippen molar-refractivity contribution in [2.45, 2.75) is 32.0 Å². The predicted octanol–water partition coefficient (Wildman–Crippen LogP) is 3.67. The van der Waals surface area contributed by atoms with E-state index in [1.165, 1.54) is 4.68 Å². The van der Waals surface area contributed by atoms with Gasteiger partial charge in [0.1, 0.15) is 11.1 Å². The minimum absolute atomic E-state index is 0.0915. The van der Waals surface area contributed by atoms with Gasteiger partial charge in [0.2, 0.25) is 0 Å². The molecule has 31 heavy (non-hydrogen) atoms. The first-order valence-electron chi connectivity index (χ1n) is 10.1. The van der Waals surface area contributed by atoms with Gasteiger partial charge in [-0.05, 0) is 36.1 Å². The summed E-state index contributed by atoms with van der Waals surface area (Å²) in [4.78, 5) is 24.8. The third-order valence-electron chi connectivity index (χ3n) is 5.06. The molecular weight excluding hydrogens is 416 g/mol. The molecule has 2 N–H and O–H groups in total. The van der Waals surface area contributed by atoms with Crippen LogP contribution in [-0.2, 0) is 22.6 Å². The van der Waals surface area contributed by atoms with Crippen LogP contribution in [0.3, 0.4) is 0 Å². The van der Waals surface area contributed by atoms with Gasteiger partial charge in [-0.2, -0.15) is 5.10 Å². The third-order valence-corrected chi connectivity index (χ3v) is 5.42. The van der Waals surface area contributed by atoms with E-state index in [9.17, 15) is 9.59 Å². The second-order valence-corrected chi connectivity index (χ2v) is 7.74. The molecule has 1 aromatic heterocycles. The first-order valence-corrected chi connectivity index (χ1v) is 10.5. The zero-order valence-electron chi connectivity index (χ0n) is 16.9. The first kappa shape index (κ1) is 21.1. The summed E-state index contributed by atoms with van der Waals surface area (Å²) < 4.78 is 6.75. The molecule has 2 heterocycles. The number of hydrogen-bond acceptors (Lipinski definition) is 5. The molecule has 2 aromatic carbocycles. The fourth-order valence-electron chi connectivity index (χ4n) is 3.42. The van der Waals surface area contributed by atoms with Crippen LogP contribution in [0.25, 0.3) is 0 Å². The smallest absolute Gasteiger partial charge is 0.287 e. The molecule has 7 nitrogen and oxygen atoms in total. The molecule has 1 saturated heterocycles. The van der Waals surface area contributed by atoms with Crippen molar-refractivity contribution < 1.29 is 9.53 Å². The van der Waals surface area contributed by atoms with Crippen molar-refractivity contribution in [1.82, 2.24) is 9.78 Å². The van der Waals surface area contributed by atoms with E-state index in [1.54, 1.807) is 6.20 Å². The Balaban J connectivity index is 1.40. The fourth-order valence-corrected chi connectivity index (χ4v) is 3.63. The highest BCUT2D eigenvalue weighted by atomic mass is 35.5. The molecule has 8 heteroatoms. The Bertz CT molecular complexity index is 1110. The van der Waals surface area contributed by atoms with Crippen LogP contribution in [0.5, 0.6) is 0 Å². The van der Waals surface area contributed by atoms with Crippen molar-refractivity contribution in [1.29, 1.82) is 0 Å². The summed E-state index contributed by atoms with van der Waals surface area (Å²) in [7, 11) is 0. The normalized spacial score (nSPS) is 15.6. The maximum atomic E-state index is 12.6. The van der Waals surface area contributed by atoms with Crippen LogP contribution in [0.2, 0.25) is 5.02 Å². The maximum Gasteiger partial charge on any atom is 0.287 e. The monoisotopic (exact) mass is 438 g/mol. The van der Waals surface area contributed by atoms with Crippen molar-refractivity contribution in [3.63, 3.8) is 0 Å². The highest BCUT2D eigenvalue weighted by molar-refractivity contribution is 6.32. The van der Waals surface area contributed by atoms with Crippen LogP contribution in [-0.4, -0.2) is 28.4 Å². The summed E-state index contributed by atoms with van der Waals surface area (Å²) in [6, 6.07) is 17.1. The van der Waals surface area contributed by atoms with Crippen molar-refractivity contribution in [3.8, 4) is 0 Å². The molecule has 0 radical (unpaired) electrons. The molecule has 0 aliphatic carbocycles. The number of amides is 1. The Kier molecular flexibility index (Phi) is 6.64. The Hall–Kier alpha value is -3.16. The van der Waals surface area contributed by atoms with Gasteiger partial charge in [-0.15, -0.1) is 0 Å². The second-order valence-electron chi connectivity index (χ2n) is 7.37. The number of anilines is 2. The van der Waals surface area contributed by atoms with Crippen LogP contribution in [0.15, 0.2) is 65.6 Å². The molecule has 0 saturated carbocycles. The number of benzene rings is 2.